The van der Waals surface area contributed by atoms with Crippen molar-refractivity contribution in [3.63, 3.8) is 0 Å². The molecule has 1 saturated heterocycles. The van der Waals surface area contributed by atoms with Crippen LogP contribution in [-0.4, -0.2) is 47.5 Å². The second kappa shape index (κ2) is 8.85. The van der Waals surface area contributed by atoms with Gasteiger partial charge in [0.15, 0.2) is 0 Å². The third kappa shape index (κ3) is 4.41. The van der Waals surface area contributed by atoms with Gasteiger partial charge < -0.3 is 5.32 Å². The summed E-state index contributed by atoms with van der Waals surface area (Å²) in [7, 11) is -3.75. The molecule has 0 spiro atoms. The Morgan fingerprint density at radius 1 is 1.23 bits per heavy atom. The number of rotatable bonds is 6. The van der Waals surface area contributed by atoms with Gasteiger partial charge in [0.2, 0.25) is 15.9 Å². The number of nitrogens with zero attached hydrogens (tertiary/aromatic N) is 3. The first-order valence-corrected chi connectivity index (χ1v) is 11.7. The van der Waals surface area contributed by atoms with Crippen molar-refractivity contribution in [2.45, 2.75) is 57.9 Å². The van der Waals surface area contributed by atoms with Crippen LogP contribution in [0, 0.1) is 25.6 Å². The number of halogens is 1. The van der Waals surface area contributed by atoms with Crippen LogP contribution in [0.15, 0.2) is 29.2 Å². The summed E-state index contributed by atoms with van der Waals surface area (Å²) in [6.07, 6.45) is 1.84. The molecule has 7 nitrogen and oxygen atoms in total. The lowest BCUT2D eigenvalue weighted by Crippen LogP contribution is -2.44. The van der Waals surface area contributed by atoms with Gasteiger partial charge in [-0.25, -0.2) is 17.5 Å². The fourth-order valence-electron chi connectivity index (χ4n) is 3.79. The van der Waals surface area contributed by atoms with E-state index in [1.54, 1.807) is 26.0 Å². The van der Waals surface area contributed by atoms with Gasteiger partial charge in [-0.2, -0.15) is 9.40 Å². The topological polar surface area (TPSA) is 84.3 Å². The number of carbonyl (C=O) groups excluding carboxylic acids is 1. The maximum atomic E-state index is 13.3. The number of hydrogen-bond acceptors (Lipinski definition) is 4. The molecule has 0 saturated carbocycles. The molecule has 1 aliphatic heterocycles. The van der Waals surface area contributed by atoms with Gasteiger partial charge in [-0.1, -0.05) is 6.92 Å². The molecule has 1 aromatic heterocycles. The zero-order valence-electron chi connectivity index (χ0n) is 17.9. The van der Waals surface area contributed by atoms with E-state index in [9.17, 15) is 17.6 Å². The lowest BCUT2D eigenvalue weighted by atomic mass is 9.97. The number of sulfonamides is 1. The highest BCUT2D eigenvalue weighted by Gasteiger charge is 2.35. The highest BCUT2D eigenvalue weighted by atomic mass is 32.2. The van der Waals surface area contributed by atoms with Crippen molar-refractivity contribution < 1.29 is 17.6 Å². The van der Waals surface area contributed by atoms with E-state index in [0.29, 0.717) is 43.0 Å². The standard InChI is InChI=1S/C21H29FN4O3S/c1-5-14(2)23-21(27)17-10-12-25(13-11-17)30(28,29)20-15(3)24-26(16(20)4)19-8-6-18(22)7-9-19/h6-9,14,17H,5,10-13H2,1-4H3,(H,23,27)/t14-/m0/s1. The summed E-state index contributed by atoms with van der Waals surface area (Å²) in [6, 6.07) is 5.87. The average molecular weight is 437 g/mol. The predicted octanol–water partition coefficient (Wildman–Crippen LogP) is 2.94. The molecule has 30 heavy (non-hydrogen) atoms. The van der Waals surface area contributed by atoms with E-state index in [4.69, 9.17) is 0 Å². The van der Waals surface area contributed by atoms with Crippen LogP contribution in [0.2, 0.25) is 0 Å². The number of aryl methyl sites for hydroxylation is 1. The lowest BCUT2D eigenvalue weighted by Gasteiger charge is -2.31. The van der Waals surface area contributed by atoms with Crippen molar-refractivity contribution >= 4 is 15.9 Å². The fraction of sp³-hybridized carbons (Fsp3) is 0.524. The summed E-state index contributed by atoms with van der Waals surface area (Å²) in [5.74, 6) is -0.541. The van der Waals surface area contributed by atoms with Crippen molar-refractivity contribution in [1.82, 2.24) is 19.4 Å². The normalized spacial score (nSPS) is 17.1. The van der Waals surface area contributed by atoms with Crippen LogP contribution in [0.5, 0.6) is 0 Å². The van der Waals surface area contributed by atoms with Gasteiger partial charge in [-0.15, -0.1) is 0 Å². The first-order valence-electron chi connectivity index (χ1n) is 10.3. The molecule has 2 aromatic rings. The lowest BCUT2D eigenvalue weighted by molar-refractivity contribution is -0.126. The Hall–Kier alpha value is -2.26. The molecule has 1 N–H and O–H groups in total. The molecular weight excluding hydrogens is 407 g/mol. The van der Waals surface area contributed by atoms with Gasteiger partial charge in [0.25, 0.3) is 0 Å². The smallest absolute Gasteiger partial charge is 0.246 e. The largest absolute Gasteiger partial charge is 0.353 e. The van der Waals surface area contributed by atoms with Crippen molar-refractivity contribution in [3.8, 4) is 5.69 Å². The summed E-state index contributed by atoms with van der Waals surface area (Å²) in [6.45, 7) is 7.91. The first-order chi connectivity index (χ1) is 14.1. The molecule has 1 aromatic carbocycles. The van der Waals surface area contributed by atoms with Crippen molar-refractivity contribution in [2.24, 2.45) is 5.92 Å². The Morgan fingerprint density at radius 3 is 2.40 bits per heavy atom. The van der Waals surface area contributed by atoms with Crippen molar-refractivity contribution in [3.05, 3.63) is 41.5 Å². The summed E-state index contributed by atoms with van der Waals surface area (Å²) in [5, 5.41) is 7.36. The SMILES string of the molecule is CC[C@H](C)NC(=O)C1CCN(S(=O)(=O)c2c(C)nn(-c3ccc(F)cc3)c2C)CC1. The molecule has 0 aliphatic carbocycles. The third-order valence-corrected chi connectivity index (χ3v) is 7.87. The first kappa shape index (κ1) is 22.4. The van der Waals surface area contributed by atoms with Crippen molar-refractivity contribution in [2.75, 3.05) is 13.1 Å². The van der Waals surface area contributed by atoms with E-state index in [1.807, 2.05) is 13.8 Å². The minimum atomic E-state index is -3.75. The van der Waals surface area contributed by atoms with E-state index in [-0.39, 0.29) is 28.6 Å². The second-order valence-electron chi connectivity index (χ2n) is 7.88. The highest BCUT2D eigenvalue weighted by Crippen LogP contribution is 2.29. The predicted molar refractivity (Wildman–Crippen MR) is 112 cm³/mol. The maximum absolute atomic E-state index is 13.3. The molecule has 9 heteroatoms. The van der Waals surface area contributed by atoms with Crippen molar-refractivity contribution in [1.29, 1.82) is 0 Å². The summed E-state index contributed by atoms with van der Waals surface area (Å²) in [5.41, 5.74) is 1.48. The second-order valence-corrected chi connectivity index (χ2v) is 9.76. The summed E-state index contributed by atoms with van der Waals surface area (Å²) >= 11 is 0. The number of hydrogen-bond donors (Lipinski definition) is 1. The molecule has 2 heterocycles. The van der Waals surface area contributed by atoms with Gasteiger partial charge in [-0.3, -0.25) is 4.79 Å². The van der Waals surface area contributed by atoms with Gasteiger partial charge >= 0.3 is 0 Å². The Kier molecular flexibility index (Phi) is 6.62. The Bertz CT molecular complexity index is 1010. The zero-order chi connectivity index (χ0) is 22.1. The summed E-state index contributed by atoms with van der Waals surface area (Å²) < 4.78 is 42.9. The number of piperidine rings is 1. The number of nitrogens with one attached hydrogen (secondary N) is 1. The zero-order valence-corrected chi connectivity index (χ0v) is 18.7. The van der Waals surface area contributed by atoms with Crippen LogP contribution in [0.4, 0.5) is 4.39 Å². The van der Waals surface area contributed by atoms with E-state index < -0.39 is 10.0 Å². The summed E-state index contributed by atoms with van der Waals surface area (Å²) in [4.78, 5) is 12.5. The van der Waals surface area contributed by atoms with Crippen LogP contribution >= 0.6 is 0 Å². The molecule has 1 aliphatic rings. The minimum Gasteiger partial charge on any atom is -0.353 e. The van der Waals surface area contributed by atoms with Crippen LogP contribution in [0.1, 0.15) is 44.5 Å². The van der Waals surface area contributed by atoms with Gasteiger partial charge in [0.05, 0.1) is 17.1 Å². The molecule has 1 atom stereocenters. The van der Waals surface area contributed by atoms with E-state index >= 15 is 0 Å². The van der Waals surface area contributed by atoms with Gasteiger partial charge in [-0.05, 0) is 64.3 Å². The maximum Gasteiger partial charge on any atom is 0.246 e. The molecule has 0 radical (unpaired) electrons. The molecule has 0 bridgehead atoms. The fourth-order valence-corrected chi connectivity index (χ4v) is 5.61. The van der Waals surface area contributed by atoms with E-state index in [0.717, 1.165) is 6.42 Å². The number of aromatic nitrogens is 2. The van der Waals surface area contributed by atoms with Crippen LogP contribution < -0.4 is 5.32 Å². The minimum absolute atomic E-state index is 0.00196. The molecule has 164 valence electrons. The molecule has 1 amide bonds. The van der Waals surface area contributed by atoms with Crippen LogP contribution in [0.3, 0.4) is 0 Å². The van der Waals surface area contributed by atoms with Gasteiger partial charge in [0.1, 0.15) is 10.7 Å². The molecule has 1 fully saturated rings. The molecular formula is C21H29FN4O3S. The van der Waals surface area contributed by atoms with E-state index in [2.05, 4.69) is 10.4 Å². The highest BCUT2D eigenvalue weighted by molar-refractivity contribution is 7.89. The third-order valence-electron chi connectivity index (χ3n) is 5.72. The monoisotopic (exact) mass is 436 g/mol. The average Bonchev–Trinajstić information content (AvgIpc) is 3.03. The molecule has 0 unspecified atom stereocenters. The number of carbonyl (C=O) groups is 1. The Morgan fingerprint density at radius 2 is 1.83 bits per heavy atom. The van der Waals surface area contributed by atoms with E-state index in [1.165, 1.54) is 21.1 Å². The van der Waals surface area contributed by atoms with Gasteiger partial charge in [0, 0.05) is 25.0 Å². The Balaban J connectivity index is 1.78. The number of benzene rings is 1. The van der Waals surface area contributed by atoms with Crippen LogP contribution in [0.25, 0.3) is 5.69 Å². The quantitative estimate of drug-likeness (QED) is 0.755. The number of amides is 1. The Labute approximate surface area is 177 Å². The van der Waals surface area contributed by atoms with Crippen LogP contribution in [-0.2, 0) is 14.8 Å². The molecule has 3 rings (SSSR count).